The number of halogens is 1. The van der Waals surface area contributed by atoms with Crippen LogP contribution in [-0.2, 0) is 4.74 Å². The first kappa shape index (κ1) is 25.2. The van der Waals surface area contributed by atoms with Crippen LogP contribution in [0.5, 0.6) is 5.75 Å². The molecule has 0 aromatic heterocycles. The number of nitrogens with zero attached hydrogens (tertiary/aromatic N) is 3. The van der Waals surface area contributed by atoms with Gasteiger partial charge in [-0.15, -0.1) is 24.0 Å². The van der Waals surface area contributed by atoms with Crippen LogP contribution in [0.15, 0.2) is 29.3 Å². The summed E-state index contributed by atoms with van der Waals surface area (Å²) >= 11 is 0. The molecule has 0 bridgehead atoms. The van der Waals surface area contributed by atoms with Gasteiger partial charge in [0.05, 0.1) is 32.4 Å². The number of hydrogen-bond acceptors (Lipinski definition) is 5. The molecule has 2 unspecified atom stereocenters. The van der Waals surface area contributed by atoms with E-state index < -0.39 is 0 Å². The third-order valence-electron chi connectivity index (χ3n) is 5.68. The van der Waals surface area contributed by atoms with Crippen molar-refractivity contribution in [3.05, 3.63) is 29.8 Å². The van der Waals surface area contributed by atoms with E-state index in [1.165, 1.54) is 18.4 Å². The van der Waals surface area contributed by atoms with E-state index >= 15 is 0 Å². The van der Waals surface area contributed by atoms with Crippen LogP contribution in [0.1, 0.15) is 31.4 Å². The number of para-hydroxylation sites is 1. The molecule has 2 saturated heterocycles. The van der Waals surface area contributed by atoms with E-state index in [-0.39, 0.29) is 36.1 Å². The van der Waals surface area contributed by atoms with Gasteiger partial charge in [0.1, 0.15) is 5.75 Å². The minimum Gasteiger partial charge on any atom is -0.496 e. The van der Waals surface area contributed by atoms with Crippen LogP contribution in [0.2, 0.25) is 0 Å². The molecule has 2 heterocycles. The summed E-state index contributed by atoms with van der Waals surface area (Å²) in [5, 5.41) is 6.85. The molecule has 8 heteroatoms. The van der Waals surface area contributed by atoms with Gasteiger partial charge in [-0.1, -0.05) is 18.2 Å². The van der Waals surface area contributed by atoms with Crippen molar-refractivity contribution in [2.45, 2.75) is 31.9 Å². The Morgan fingerprint density at radius 2 is 2.00 bits per heavy atom. The Balaban J connectivity index is 0.00000320. The lowest BCUT2D eigenvalue weighted by molar-refractivity contribution is -0.0161. The zero-order chi connectivity index (χ0) is 20.5. The Hall–Kier alpha value is -1.10. The first-order valence-electron chi connectivity index (χ1n) is 10.9. The predicted octanol–water partition coefficient (Wildman–Crippen LogP) is 2.34. The van der Waals surface area contributed by atoms with Gasteiger partial charge >= 0.3 is 0 Å². The van der Waals surface area contributed by atoms with Crippen molar-refractivity contribution in [1.82, 2.24) is 20.4 Å². The molecule has 30 heavy (non-hydrogen) atoms. The molecule has 1 aromatic rings. The number of benzene rings is 1. The molecule has 0 spiro atoms. The summed E-state index contributed by atoms with van der Waals surface area (Å²) in [5.41, 5.74) is 1.22. The van der Waals surface area contributed by atoms with Crippen LogP contribution >= 0.6 is 24.0 Å². The first-order valence-corrected chi connectivity index (χ1v) is 10.9. The summed E-state index contributed by atoms with van der Waals surface area (Å²) in [4.78, 5) is 9.78. The van der Waals surface area contributed by atoms with Crippen LogP contribution in [0.3, 0.4) is 0 Å². The Labute approximate surface area is 198 Å². The fourth-order valence-electron chi connectivity index (χ4n) is 4.13. The molecular weight excluding hydrogens is 493 g/mol. The van der Waals surface area contributed by atoms with Gasteiger partial charge in [-0.2, -0.15) is 0 Å². The SMILES string of the molecule is CCNC(=NCC(c1ccccc1OC)N1CCCC1)NCC1CN(C)CCO1.I. The van der Waals surface area contributed by atoms with Crippen LogP contribution in [-0.4, -0.2) is 88.4 Å². The molecular formula is C22H38IN5O2. The maximum atomic E-state index is 5.87. The highest BCUT2D eigenvalue weighted by atomic mass is 127. The van der Waals surface area contributed by atoms with Crippen molar-refractivity contribution >= 4 is 29.9 Å². The molecule has 2 atom stereocenters. The average molecular weight is 531 g/mol. The third-order valence-corrected chi connectivity index (χ3v) is 5.68. The molecule has 2 aliphatic heterocycles. The highest BCUT2D eigenvalue weighted by Gasteiger charge is 2.26. The Kier molecular flexibility index (Phi) is 11.2. The summed E-state index contributed by atoms with van der Waals surface area (Å²) in [6, 6.07) is 8.55. The molecule has 0 radical (unpaired) electrons. The monoisotopic (exact) mass is 531 g/mol. The van der Waals surface area contributed by atoms with Gasteiger partial charge in [0.15, 0.2) is 5.96 Å². The molecule has 2 aliphatic rings. The van der Waals surface area contributed by atoms with E-state index in [9.17, 15) is 0 Å². The molecule has 1 aromatic carbocycles. The Morgan fingerprint density at radius 3 is 2.70 bits per heavy atom. The van der Waals surface area contributed by atoms with E-state index in [0.29, 0.717) is 6.54 Å². The van der Waals surface area contributed by atoms with Gasteiger partial charge in [-0.05, 0) is 46.0 Å². The minimum atomic E-state index is 0. The van der Waals surface area contributed by atoms with Gasteiger partial charge in [-0.3, -0.25) is 9.89 Å². The molecule has 2 N–H and O–H groups in total. The summed E-state index contributed by atoms with van der Waals surface area (Å²) in [6.45, 7) is 9.36. The Morgan fingerprint density at radius 1 is 1.23 bits per heavy atom. The average Bonchev–Trinajstić information content (AvgIpc) is 3.27. The standard InChI is InChI=1S/C22H37N5O2.HI/c1-4-23-22(24-15-18-17-26(2)13-14-29-18)25-16-20(27-11-7-8-12-27)19-9-5-6-10-21(19)28-3;/h5-6,9-10,18,20H,4,7-8,11-17H2,1-3H3,(H2,23,24,25);1H. The second kappa shape index (κ2) is 13.3. The number of nitrogens with one attached hydrogen (secondary N) is 2. The van der Waals surface area contributed by atoms with Gasteiger partial charge in [0.25, 0.3) is 0 Å². The lowest BCUT2D eigenvalue weighted by Crippen LogP contribution is -2.48. The maximum Gasteiger partial charge on any atom is 0.191 e. The number of guanidine groups is 1. The zero-order valence-electron chi connectivity index (χ0n) is 18.6. The summed E-state index contributed by atoms with van der Waals surface area (Å²) in [7, 11) is 3.89. The summed E-state index contributed by atoms with van der Waals surface area (Å²) < 4.78 is 11.5. The van der Waals surface area contributed by atoms with E-state index in [2.05, 4.69) is 46.5 Å². The zero-order valence-corrected chi connectivity index (χ0v) is 20.9. The normalized spacial score (nSPS) is 21.7. The van der Waals surface area contributed by atoms with Gasteiger partial charge in [0, 0.05) is 31.7 Å². The molecule has 0 amide bonds. The van der Waals surface area contributed by atoms with Crippen LogP contribution in [0.25, 0.3) is 0 Å². The lowest BCUT2D eigenvalue weighted by Gasteiger charge is -2.31. The van der Waals surface area contributed by atoms with E-state index in [0.717, 1.165) is 57.6 Å². The minimum absolute atomic E-state index is 0. The smallest absolute Gasteiger partial charge is 0.191 e. The van der Waals surface area contributed by atoms with Crippen molar-refractivity contribution < 1.29 is 9.47 Å². The number of likely N-dealkylation sites (tertiary alicyclic amines) is 1. The van der Waals surface area contributed by atoms with Gasteiger partial charge < -0.3 is 25.0 Å². The number of methoxy groups -OCH3 is 1. The number of aliphatic imine (C=N–C) groups is 1. The fraction of sp³-hybridized carbons (Fsp3) is 0.682. The van der Waals surface area contributed by atoms with Crippen LogP contribution < -0.4 is 15.4 Å². The van der Waals surface area contributed by atoms with Crippen molar-refractivity contribution in [3.63, 3.8) is 0 Å². The largest absolute Gasteiger partial charge is 0.496 e. The number of ether oxygens (including phenoxy) is 2. The topological polar surface area (TPSA) is 61.4 Å². The fourth-order valence-corrected chi connectivity index (χ4v) is 4.13. The van der Waals surface area contributed by atoms with Crippen molar-refractivity contribution in [3.8, 4) is 5.75 Å². The van der Waals surface area contributed by atoms with Crippen molar-refractivity contribution in [2.24, 2.45) is 4.99 Å². The van der Waals surface area contributed by atoms with Crippen molar-refractivity contribution in [1.29, 1.82) is 0 Å². The quantitative estimate of drug-likeness (QED) is 0.305. The number of hydrogen-bond donors (Lipinski definition) is 2. The van der Waals surface area contributed by atoms with E-state index in [1.807, 2.05) is 12.1 Å². The van der Waals surface area contributed by atoms with Gasteiger partial charge in [0.2, 0.25) is 0 Å². The number of morpholine rings is 1. The molecule has 0 saturated carbocycles. The van der Waals surface area contributed by atoms with Gasteiger partial charge in [-0.25, -0.2) is 0 Å². The lowest BCUT2D eigenvalue weighted by atomic mass is 10.0. The number of rotatable bonds is 8. The summed E-state index contributed by atoms with van der Waals surface area (Å²) in [5.74, 6) is 1.79. The number of likely N-dealkylation sites (N-methyl/N-ethyl adjacent to an activating group) is 1. The molecule has 7 nitrogen and oxygen atoms in total. The van der Waals surface area contributed by atoms with Crippen LogP contribution in [0.4, 0.5) is 0 Å². The third kappa shape index (κ3) is 7.25. The second-order valence-corrected chi connectivity index (χ2v) is 7.86. The summed E-state index contributed by atoms with van der Waals surface area (Å²) in [6.07, 6.45) is 2.70. The molecule has 2 fully saturated rings. The maximum absolute atomic E-state index is 5.87. The van der Waals surface area contributed by atoms with E-state index in [4.69, 9.17) is 14.5 Å². The Bertz CT molecular complexity index is 654. The highest BCUT2D eigenvalue weighted by Crippen LogP contribution is 2.31. The second-order valence-electron chi connectivity index (χ2n) is 7.86. The predicted molar refractivity (Wildman–Crippen MR) is 133 cm³/mol. The van der Waals surface area contributed by atoms with Crippen molar-refractivity contribution in [2.75, 3.05) is 66.6 Å². The first-order chi connectivity index (χ1) is 14.2. The molecule has 0 aliphatic carbocycles. The van der Waals surface area contributed by atoms with E-state index in [1.54, 1.807) is 7.11 Å². The van der Waals surface area contributed by atoms with Crippen LogP contribution in [0, 0.1) is 0 Å². The molecule has 170 valence electrons. The highest BCUT2D eigenvalue weighted by molar-refractivity contribution is 14.0. The molecule has 3 rings (SSSR count).